The number of carbonyl (C=O) groups is 1. The Hall–Kier alpha value is -0.940. The van der Waals surface area contributed by atoms with Crippen molar-refractivity contribution < 1.29 is 14.3 Å². The monoisotopic (exact) mass is 343 g/mol. The van der Waals surface area contributed by atoms with Gasteiger partial charge in [-0.15, -0.1) is 0 Å². The summed E-state index contributed by atoms with van der Waals surface area (Å²) < 4.78 is 14.0. The summed E-state index contributed by atoms with van der Waals surface area (Å²) in [6.07, 6.45) is 3.42. The highest BCUT2D eigenvalue weighted by Crippen LogP contribution is 2.32. The van der Waals surface area contributed by atoms with E-state index in [0.29, 0.717) is 29.8 Å². The Labute approximate surface area is 126 Å². The minimum Gasteiger partial charge on any atom is -0.396 e. The highest BCUT2D eigenvalue weighted by molar-refractivity contribution is 9.10. The highest BCUT2D eigenvalue weighted by atomic mass is 79.9. The van der Waals surface area contributed by atoms with Crippen LogP contribution in [0.3, 0.4) is 0 Å². The van der Waals surface area contributed by atoms with E-state index in [4.69, 9.17) is 0 Å². The molecule has 0 aliphatic heterocycles. The Morgan fingerprint density at radius 2 is 2.20 bits per heavy atom. The molecule has 0 saturated heterocycles. The average molecular weight is 344 g/mol. The molecule has 2 rings (SSSR count). The van der Waals surface area contributed by atoms with Crippen LogP contribution in [-0.4, -0.2) is 24.2 Å². The third kappa shape index (κ3) is 5.21. The van der Waals surface area contributed by atoms with Crippen molar-refractivity contribution in [3.05, 3.63) is 34.1 Å². The van der Waals surface area contributed by atoms with E-state index in [0.717, 1.165) is 18.4 Å². The van der Waals surface area contributed by atoms with E-state index < -0.39 is 0 Å². The van der Waals surface area contributed by atoms with Crippen LogP contribution in [0.4, 0.5) is 4.39 Å². The van der Waals surface area contributed by atoms with Crippen molar-refractivity contribution in [3.8, 4) is 0 Å². The average Bonchev–Trinajstić information content (AvgIpc) is 3.17. The van der Waals surface area contributed by atoms with Crippen molar-refractivity contribution in [1.82, 2.24) is 5.32 Å². The zero-order chi connectivity index (χ0) is 14.5. The molecule has 1 amide bonds. The molecule has 0 radical (unpaired) electrons. The van der Waals surface area contributed by atoms with E-state index in [1.54, 1.807) is 0 Å². The number of amides is 1. The van der Waals surface area contributed by atoms with Crippen LogP contribution >= 0.6 is 15.9 Å². The number of halogens is 2. The first kappa shape index (κ1) is 15.4. The minimum atomic E-state index is -0.302. The molecule has 1 atom stereocenters. The van der Waals surface area contributed by atoms with E-state index in [1.165, 1.54) is 12.1 Å². The van der Waals surface area contributed by atoms with Gasteiger partial charge in [0.1, 0.15) is 5.82 Å². The van der Waals surface area contributed by atoms with Crippen molar-refractivity contribution >= 4 is 21.8 Å². The number of benzene rings is 1. The molecule has 0 heterocycles. The van der Waals surface area contributed by atoms with Crippen molar-refractivity contribution in [1.29, 1.82) is 0 Å². The predicted molar refractivity (Wildman–Crippen MR) is 78.7 cm³/mol. The van der Waals surface area contributed by atoms with E-state index >= 15 is 0 Å². The van der Waals surface area contributed by atoms with Crippen LogP contribution in [0.25, 0.3) is 0 Å². The van der Waals surface area contributed by atoms with E-state index in [-0.39, 0.29) is 24.2 Å². The lowest BCUT2D eigenvalue weighted by Crippen LogP contribution is -2.32. The lowest BCUT2D eigenvalue weighted by molar-refractivity contribution is -0.121. The molecule has 0 spiro atoms. The van der Waals surface area contributed by atoms with E-state index in [9.17, 15) is 14.3 Å². The van der Waals surface area contributed by atoms with Crippen LogP contribution in [-0.2, 0) is 11.2 Å². The standard InChI is InChI=1S/C15H19BrFNO2/c16-13-4-11(5-14(17)7-13)3-12(9-19)8-18-15(20)6-10-1-2-10/h4-5,7,10,12,19H,1-3,6,8-9H2,(H,18,20). The van der Waals surface area contributed by atoms with Gasteiger partial charge in [-0.3, -0.25) is 4.79 Å². The molecule has 2 N–H and O–H groups in total. The first-order valence-electron chi connectivity index (χ1n) is 6.89. The molecule has 1 aliphatic carbocycles. The molecule has 0 aromatic heterocycles. The van der Waals surface area contributed by atoms with Crippen molar-refractivity contribution in [3.63, 3.8) is 0 Å². The Kier molecular flexibility index (Phi) is 5.54. The Morgan fingerprint density at radius 3 is 2.80 bits per heavy atom. The number of carbonyl (C=O) groups excluding carboxylic acids is 1. The highest BCUT2D eigenvalue weighted by Gasteiger charge is 2.24. The maximum absolute atomic E-state index is 13.3. The van der Waals surface area contributed by atoms with Gasteiger partial charge in [0.05, 0.1) is 0 Å². The molecule has 110 valence electrons. The Morgan fingerprint density at radius 1 is 1.45 bits per heavy atom. The third-order valence-corrected chi connectivity index (χ3v) is 3.92. The van der Waals surface area contributed by atoms with Crippen molar-refractivity contribution in [2.75, 3.05) is 13.2 Å². The van der Waals surface area contributed by atoms with Gasteiger partial charge < -0.3 is 10.4 Å². The van der Waals surface area contributed by atoms with Gasteiger partial charge in [0, 0.05) is 30.0 Å². The molecule has 1 saturated carbocycles. The molecule has 20 heavy (non-hydrogen) atoms. The molecule has 3 nitrogen and oxygen atoms in total. The second-order valence-electron chi connectivity index (χ2n) is 5.48. The van der Waals surface area contributed by atoms with Gasteiger partial charge in [-0.1, -0.05) is 15.9 Å². The van der Waals surface area contributed by atoms with Gasteiger partial charge in [0.2, 0.25) is 5.91 Å². The van der Waals surface area contributed by atoms with Crippen LogP contribution in [0, 0.1) is 17.7 Å². The maximum atomic E-state index is 13.3. The number of aliphatic hydroxyl groups is 1. The molecular formula is C15H19BrFNO2. The maximum Gasteiger partial charge on any atom is 0.220 e. The van der Waals surface area contributed by atoms with Gasteiger partial charge in [-0.25, -0.2) is 4.39 Å². The second kappa shape index (κ2) is 7.18. The van der Waals surface area contributed by atoms with E-state index in [2.05, 4.69) is 21.2 Å². The first-order valence-corrected chi connectivity index (χ1v) is 7.68. The predicted octanol–water partition coefficient (Wildman–Crippen LogP) is 2.66. The fourth-order valence-corrected chi connectivity index (χ4v) is 2.69. The quantitative estimate of drug-likeness (QED) is 0.799. The zero-order valence-corrected chi connectivity index (χ0v) is 12.8. The van der Waals surface area contributed by atoms with Gasteiger partial charge >= 0.3 is 0 Å². The third-order valence-electron chi connectivity index (χ3n) is 3.46. The summed E-state index contributed by atoms with van der Waals surface area (Å²) in [5.74, 6) is 0.212. The normalized spacial score (nSPS) is 15.9. The van der Waals surface area contributed by atoms with Gasteiger partial charge in [-0.05, 0) is 48.9 Å². The summed E-state index contributed by atoms with van der Waals surface area (Å²) in [7, 11) is 0. The van der Waals surface area contributed by atoms with Crippen LogP contribution in [0.1, 0.15) is 24.8 Å². The summed E-state index contributed by atoms with van der Waals surface area (Å²) in [6.45, 7) is 0.397. The number of hydrogen-bond donors (Lipinski definition) is 2. The zero-order valence-electron chi connectivity index (χ0n) is 11.2. The SMILES string of the molecule is O=C(CC1CC1)NCC(CO)Cc1cc(F)cc(Br)c1. The van der Waals surface area contributed by atoms with Crippen LogP contribution < -0.4 is 5.32 Å². The molecule has 1 aromatic carbocycles. The van der Waals surface area contributed by atoms with Crippen molar-refractivity contribution in [2.45, 2.75) is 25.7 Å². The second-order valence-corrected chi connectivity index (χ2v) is 6.40. The molecule has 0 bridgehead atoms. The topological polar surface area (TPSA) is 49.3 Å². The lowest BCUT2D eigenvalue weighted by atomic mass is 10.00. The van der Waals surface area contributed by atoms with Gasteiger partial charge in [-0.2, -0.15) is 0 Å². The van der Waals surface area contributed by atoms with Crippen LogP contribution in [0.5, 0.6) is 0 Å². The van der Waals surface area contributed by atoms with Gasteiger partial charge in [0.25, 0.3) is 0 Å². The molecule has 1 unspecified atom stereocenters. The first-order chi connectivity index (χ1) is 9.56. The number of aliphatic hydroxyl groups excluding tert-OH is 1. The fourth-order valence-electron chi connectivity index (χ4n) is 2.18. The fraction of sp³-hybridized carbons (Fsp3) is 0.533. The summed E-state index contributed by atoms with van der Waals surface area (Å²) in [6, 6.07) is 4.69. The summed E-state index contributed by atoms with van der Waals surface area (Å²) in [5.41, 5.74) is 0.812. The number of nitrogens with one attached hydrogen (secondary N) is 1. The Bertz CT molecular complexity index is 457. The van der Waals surface area contributed by atoms with Crippen LogP contribution in [0.2, 0.25) is 0 Å². The molecule has 1 aromatic rings. The minimum absolute atomic E-state index is 0.0299. The summed E-state index contributed by atoms with van der Waals surface area (Å²) in [5, 5.41) is 12.2. The van der Waals surface area contributed by atoms with Crippen LogP contribution in [0.15, 0.2) is 22.7 Å². The number of hydrogen-bond acceptors (Lipinski definition) is 2. The van der Waals surface area contributed by atoms with Crippen molar-refractivity contribution in [2.24, 2.45) is 11.8 Å². The van der Waals surface area contributed by atoms with Gasteiger partial charge in [0.15, 0.2) is 0 Å². The molecule has 5 heteroatoms. The Balaban J connectivity index is 1.82. The summed E-state index contributed by atoms with van der Waals surface area (Å²) in [4.78, 5) is 11.6. The number of rotatable bonds is 7. The largest absolute Gasteiger partial charge is 0.396 e. The smallest absolute Gasteiger partial charge is 0.220 e. The summed E-state index contributed by atoms with van der Waals surface area (Å²) >= 11 is 3.25. The lowest BCUT2D eigenvalue weighted by Gasteiger charge is -2.15. The van der Waals surface area contributed by atoms with E-state index in [1.807, 2.05) is 6.07 Å². The molecule has 1 fully saturated rings. The molecular weight excluding hydrogens is 325 g/mol. The molecule has 1 aliphatic rings.